The number of thioether (sulfide) groups is 1. The van der Waals surface area contributed by atoms with Crippen LogP contribution in [0.1, 0.15) is 44.0 Å². The molecule has 0 atom stereocenters. The minimum atomic E-state index is 0.342. The van der Waals surface area contributed by atoms with E-state index in [1.807, 2.05) is 7.05 Å². The molecule has 0 saturated carbocycles. The zero-order chi connectivity index (χ0) is 14.5. The largest absolute Gasteiger partial charge is 0.373 e. The van der Waals surface area contributed by atoms with Crippen molar-refractivity contribution in [2.45, 2.75) is 39.5 Å². The van der Waals surface area contributed by atoms with Crippen molar-refractivity contribution in [1.29, 1.82) is 0 Å². The van der Waals surface area contributed by atoms with Crippen LogP contribution in [0, 0.1) is 12.8 Å². The van der Waals surface area contributed by atoms with Gasteiger partial charge in [-0.1, -0.05) is 13.8 Å². The highest BCUT2D eigenvalue weighted by atomic mass is 32.2. The molecule has 1 aliphatic rings. The molecule has 0 radical (unpaired) electrons. The second-order valence-corrected chi connectivity index (χ2v) is 6.97. The van der Waals surface area contributed by atoms with E-state index in [0.717, 1.165) is 35.5 Å². The molecular formula is C15H26N4S. The lowest BCUT2D eigenvalue weighted by atomic mass is 10.0. The summed E-state index contributed by atoms with van der Waals surface area (Å²) in [7, 11) is 1.92. The second kappa shape index (κ2) is 7.16. The van der Waals surface area contributed by atoms with Crippen LogP contribution in [0.2, 0.25) is 0 Å². The Balaban J connectivity index is 2.10. The number of nitrogens with one attached hydrogen (secondary N) is 2. The lowest BCUT2D eigenvalue weighted by Gasteiger charge is -2.23. The third-order valence-corrected chi connectivity index (χ3v) is 4.86. The van der Waals surface area contributed by atoms with Crippen molar-refractivity contribution in [1.82, 2.24) is 9.97 Å². The molecule has 0 bridgehead atoms. The molecular weight excluding hydrogens is 268 g/mol. The van der Waals surface area contributed by atoms with E-state index in [1.54, 1.807) is 0 Å². The normalized spacial score (nSPS) is 16.4. The Morgan fingerprint density at radius 3 is 2.45 bits per heavy atom. The maximum Gasteiger partial charge on any atom is 0.135 e. The van der Waals surface area contributed by atoms with E-state index in [4.69, 9.17) is 4.98 Å². The third-order valence-electron chi connectivity index (χ3n) is 3.82. The van der Waals surface area contributed by atoms with E-state index in [-0.39, 0.29) is 0 Å². The average Bonchev–Trinajstić information content (AvgIpc) is 2.47. The number of anilines is 2. The lowest BCUT2D eigenvalue weighted by Crippen LogP contribution is -2.21. The molecule has 0 spiro atoms. The monoisotopic (exact) mass is 294 g/mol. The van der Waals surface area contributed by atoms with Crippen molar-refractivity contribution >= 4 is 23.4 Å². The smallest absolute Gasteiger partial charge is 0.135 e. The van der Waals surface area contributed by atoms with Gasteiger partial charge in [-0.15, -0.1) is 0 Å². The Kier molecular flexibility index (Phi) is 5.52. The molecule has 2 N–H and O–H groups in total. The molecule has 1 saturated heterocycles. The highest BCUT2D eigenvalue weighted by Gasteiger charge is 2.16. The summed E-state index contributed by atoms with van der Waals surface area (Å²) >= 11 is 2.07. The van der Waals surface area contributed by atoms with Gasteiger partial charge in [0.05, 0.1) is 0 Å². The molecule has 0 aliphatic carbocycles. The number of aromatic nitrogens is 2. The van der Waals surface area contributed by atoms with Gasteiger partial charge in [0.2, 0.25) is 0 Å². The molecule has 112 valence electrons. The summed E-state index contributed by atoms with van der Waals surface area (Å²) in [6, 6.07) is 0. The van der Waals surface area contributed by atoms with Crippen molar-refractivity contribution < 1.29 is 0 Å². The molecule has 1 aliphatic heterocycles. The third kappa shape index (κ3) is 3.78. The maximum absolute atomic E-state index is 4.70. The van der Waals surface area contributed by atoms with E-state index in [2.05, 4.69) is 48.2 Å². The van der Waals surface area contributed by atoms with Gasteiger partial charge in [0.1, 0.15) is 17.5 Å². The van der Waals surface area contributed by atoms with Crippen molar-refractivity contribution in [2.24, 2.45) is 5.92 Å². The van der Waals surface area contributed by atoms with Gasteiger partial charge in [-0.05, 0) is 37.2 Å². The minimum absolute atomic E-state index is 0.342. The molecule has 1 aromatic rings. The van der Waals surface area contributed by atoms with Gasteiger partial charge in [-0.25, -0.2) is 9.97 Å². The van der Waals surface area contributed by atoms with E-state index in [9.17, 15) is 0 Å². The second-order valence-electron chi connectivity index (χ2n) is 5.75. The van der Waals surface area contributed by atoms with Crippen molar-refractivity contribution in [3.05, 3.63) is 11.4 Å². The van der Waals surface area contributed by atoms with Crippen molar-refractivity contribution in [2.75, 3.05) is 35.7 Å². The van der Waals surface area contributed by atoms with Crippen molar-refractivity contribution in [3.63, 3.8) is 0 Å². The first-order chi connectivity index (χ1) is 9.61. The molecule has 0 aromatic carbocycles. The first-order valence-corrected chi connectivity index (χ1v) is 8.65. The highest BCUT2D eigenvalue weighted by molar-refractivity contribution is 7.99. The summed E-state index contributed by atoms with van der Waals surface area (Å²) < 4.78 is 0. The zero-order valence-electron chi connectivity index (χ0n) is 13.0. The van der Waals surface area contributed by atoms with Crippen LogP contribution in [0.5, 0.6) is 0 Å². The molecule has 1 fully saturated rings. The Bertz CT molecular complexity index is 442. The van der Waals surface area contributed by atoms with Crippen LogP contribution >= 0.6 is 11.8 Å². The summed E-state index contributed by atoms with van der Waals surface area (Å²) in [5.74, 6) is 6.56. The number of rotatable bonds is 5. The van der Waals surface area contributed by atoms with E-state index in [1.165, 1.54) is 24.3 Å². The zero-order valence-corrected chi connectivity index (χ0v) is 13.8. The fourth-order valence-corrected chi connectivity index (χ4v) is 3.60. The first kappa shape index (κ1) is 15.4. The molecule has 20 heavy (non-hydrogen) atoms. The SMILES string of the molecule is CNc1nc(C(C)C)nc(NCC2CCSCC2)c1C. The summed E-state index contributed by atoms with van der Waals surface area (Å²) in [4.78, 5) is 9.28. The average molecular weight is 294 g/mol. The standard InChI is InChI=1S/C15H26N4S/c1-10(2)13-18-14(16-4)11(3)15(19-13)17-9-12-5-7-20-8-6-12/h10,12H,5-9H2,1-4H3,(H2,16,17,18,19). The van der Waals surface area contributed by atoms with E-state index < -0.39 is 0 Å². The predicted octanol–water partition coefficient (Wildman–Crippen LogP) is 3.51. The van der Waals surface area contributed by atoms with Crippen LogP contribution in [-0.4, -0.2) is 35.1 Å². The Morgan fingerprint density at radius 2 is 1.85 bits per heavy atom. The fourth-order valence-electron chi connectivity index (χ4n) is 2.40. The molecule has 2 rings (SSSR count). The van der Waals surface area contributed by atoms with Crippen LogP contribution in [0.4, 0.5) is 11.6 Å². The number of nitrogens with zero attached hydrogens (tertiary/aromatic N) is 2. The number of hydrogen-bond donors (Lipinski definition) is 2. The lowest BCUT2D eigenvalue weighted by molar-refractivity contribution is 0.515. The number of hydrogen-bond acceptors (Lipinski definition) is 5. The molecule has 2 heterocycles. The van der Waals surface area contributed by atoms with E-state index >= 15 is 0 Å². The van der Waals surface area contributed by atoms with Crippen LogP contribution in [0.25, 0.3) is 0 Å². The Labute approximate surface area is 126 Å². The maximum atomic E-state index is 4.70. The van der Waals surface area contributed by atoms with Gasteiger partial charge in [0.15, 0.2) is 0 Å². The summed E-state index contributed by atoms with van der Waals surface area (Å²) in [5.41, 5.74) is 1.11. The van der Waals surface area contributed by atoms with Gasteiger partial charge in [0.25, 0.3) is 0 Å². The topological polar surface area (TPSA) is 49.8 Å². The predicted molar refractivity (Wildman–Crippen MR) is 88.9 cm³/mol. The van der Waals surface area contributed by atoms with Crippen LogP contribution in [0.15, 0.2) is 0 Å². The fraction of sp³-hybridized carbons (Fsp3) is 0.733. The van der Waals surface area contributed by atoms with Gasteiger partial charge < -0.3 is 10.6 Å². The van der Waals surface area contributed by atoms with Crippen LogP contribution < -0.4 is 10.6 Å². The van der Waals surface area contributed by atoms with Crippen molar-refractivity contribution in [3.8, 4) is 0 Å². The molecule has 4 nitrogen and oxygen atoms in total. The van der Waals surface area contributed by atoms with E-state index in [0.29, 0.717) is 5.92 Å². The minimum Gasteiger partial charge on any atom is -0.373 e. The van der Waals surface area contributed by atoms with Crippen LogP contribution in [0.3, 0.4) is 0 Å². The Morgan fingerprint density at radius 1 is 1.20 bits per heavy atom. The van der Waals surface area contributed by atoms with Crippen LogP contribution in [-0.2, 0) is 0 Å². The highest BCUT2D eigenvalue weighted by Crippen LogP contribution is 2.26. The van der Waals surface area contributed by atoms with Gasteiger partial charge >= 0.3 is 0 Å². The molecule has 0 unspecified atom stereocenters. The van der Waals surface area contributed by atoms with Gasteiger partial charge in [0, 0.05) is 25.1 Å². The summed E-state index contributed by atoms with van der Waals surface area (Å²) in [5, 5.41) is 6.73. The van der Waals surface area contributed by atoms with Gasteiger partial charge in [-0.3, -0.25) is 0 Å². The quantitative estimate of drug-likeness (QED) is 0.870. The summed E-state index contributed by atoms with van der Waals surface area (Å²) in [6.07, 6.45) is 2.63. The van der Waals surface area contributed by atoms with Gasteiger partial charge in [-0.2, -0.15) is 11.8 Å². The Hall–Kier alpha value is -0.970. The molecule has 5 heteroatoms. The first-order valence-electron chi connectivity index (χ1n) is 7.49. The molecule has 1 aromatic heterocycles. The summed E-state index contributed by atoms with van der Waals surface area (Å²) in [6.45, 7) is 7.37. The molecule has 0 amide bonds.